The Bertz CT molecular complexity index is 723. The predicted molar refractivity (Wildman–Crippen MR) is 96.0 cm³/mol. The SMILES string of the molecule is COc1ccccc1OCC(=O)N1CC[C@H](Oc2ccc(Br)cn2)C1. The molecule has 0 N–H and O–H groups in total. The summed E-state index contributed by atoms with van der Waals surface area (Å²) in [5.74, 6) is 1.66. The minimum atomic E-state index is -0.0687. The highest BCUT2D eigenvalue weighted by Crippen LogP contribution is 2.26. The van der Waals surface area contributed by atoms with Gasteiger partial charge >= 0.3 is 0 Å². The van der Waals surface area contributed by atoms with Gasteiger partial charge in [0.05, 0.1) is 13.7 Å². The van der Waals surface area contributed by atoms with Gasteiger partial charge < -0.3 is 19.1 Å². The van der Waals surface area contributed by atoms with E-state index in [-0.39, 0.29) is 18.6 Å². The summed E-state index contributed by atoms with van der Waals surface area (Å²) in [6.45, 7) is 1.16. The number of hydrogen-bond acceptors (Lipinski definition) is 5. The first-order chi connectivity index (χ1) is 12.2. The highest BCUT2D eigenvalue weighted by molar-refractivity contribution is 9.10. The first-order valence-corrected chi connectivity index (χ1v) is 8.77. The summed E-state index contributed by atoms with van der Waals surface area (Å²) in [4.78, 5) is 18.3. The van der Waals surface area contributed by atoms with Gasteiger partial charge in [0.25, 0.3) is 5.91 Å². The summed E-state index contributed by atoms with van der Waals surface area (Å²) in [7, 11) is 1.57. The number of ether oxygens (including phenoxy) is 3. The van der Waals surface area contributed by atoms with Crippen LogP contribution in [-0.2, 0) is 4.79 Å². The number of aromatic nitrogens is 1. The Morgan fingerprint density at radius 1 is 1.28 bits per heavy atom. The Balaban J connectivity index is 1.49. The number of para-hydroxylation sites is 2. The maximum atomic E-state index is 12.3. The first kappa shape index (κ1) is 17.5. The van der Waals surface area contributed by atoms with Gasteiger partial charge in [-0.15, -0.1) is 0 Å². The molecule has 25 heavy (non-hydrogen) atoms. The number of benzene rings is 1. The van der Waals surface area contributed by atoms with Crippen LogP contribution >= 0.6 is 15.9 Å². The molecule has 0 spiro atoms. The molecule has 132 valence electrons. The molecule has 1 aliphatic heterocycles. The van der Waals surface area contributed by atoms with Gasteiger partial charge in [0.1, 0.15) is 6.10 Å². The Hall–Kier alpha value is -2.28. The summed E-state index contributed by atoms with van der Waals surface area (Å²) in [6.07, 6.45) is 2.41. The highest BCUT2D eigenvalue weighted by Gasteiger charge is 2.28. The van der Waals surface area contributed by atoms with E-state index in [2.05, 4.69) is 20.9 Å². The molecular formula is C18H19BrN2O4. The number of methoxy groups -OCH3 is 1. The number of halogens is 1. The van der Waals surface area contributed by atoms with E-state index >= 15 is 0 Å². The van der Waals surface area contributed by atoms with Crippen molar-refractivity contribution >= 4 is 21.8 Å². The van der Waals surface area contributed by atoms with Crippen molar-refractivity contribution in [3.63, 3.8) is 0 Å². The molecule has 1 fully saturated rings. The lowest BCUT2D eigenvalue weighted by atomic mass is 10.3. The second kappa shape index (κ2) is 8.20. The van der Waals surface area contributed by atoms with Crippen molar-refractivity contribution in [2.24, 2.45) is 0 Å². The smallest absolute Gasteiger partial charge is 0.260 e. The Morgan fingerprint density at radius 2 is 2.08 bits per heavy atom. The van der Waals surface area contributed by atoms with Gasteiger partial charge in [-0.1, -0.05) is 12.1 Å². The maximum absolute atomic E-state index is 12.3. The van der Waals surface area contributed by atoms with Gasteiger partial charge in [-0.25, -0.2) is 4.98 Å². The van der Waals surface area contributed by atoms with Crippen molar-refractivity contribution in [2.45, 2.75) is 12.5 Å². The normalized spacial score (nSPS) is 16.6. The molecule has 0 radical (unpaired) electrons. The second-order valence-corrected chi connectivity index (χ2v) is 6.54. The number of carbonyl (C=O) groups is 1. The van der Waals surface area contributed by atoms with E-state index in [1.54, 1.807) is 36.4 Å². The van der Waals surface area contributed by atoms with Crippen molar-refractivity contribution in [3.8, 4) is 17.4 Å². The number of pyridine rings is 1. The molecule has 1 amide bonds. The number of likely N-dealkylation sites (tertiary alicyclic amines) is 1. The van der Waals surface area contributed by atoms with Gasteiger partial charge in [0.2, 0.25) is 5.88 Å². The average Bonchev–Trinajstić information content (AvgIpc) is 3.10. The summed E-state index contributed by atoms with van der Waals surface area (Å²) >= 11 is 3.34. The molecule has 1 aliphatic rings. The maximum Gasteiger partial charge on any atom is 0.260 e. The van der Waals surface area contributed by atoms with Crippen molar-refractivity contribution in [2.75, 3.05) is 26.8 Å². The van der Waals surface area contributed by atoms with Crippen molar-refractivity contribution in [1.29, 1.82) is 0 Å². The largest absolute Gasteiger partial charge is 0.493 e. The lowest BCUT2D eigenvalue weighted by Gasteiger charge is -2.18. The molecule has 1 saturated heterocycles. The lowest BCUT2D eigenvalue weighted by molar-refractivity contribution is -0.132. The van der Waals surface area contributed by atoms with Crippen LogP contribution in [0.3, 0.4) is 0 Å². The number of amides is 1. The van der Waals surface area contributed by atoms with Gasteiger partial charge in [-0.05, 0) is 34.1 Å². The van der Waals surface area contributed by atoms with Crippen molar-refractivity contribution in [1.82, 2.24) is 9.88 Å². The molecule has 3 rings (SSSR count). The third-order valence-corrected chi connectivity index (χ3v) is 4.37. The third kappa shape index (κ3) is 4.63. The van der Waals surface area contributed by atoms with Crippen molar-refractivity contribution < 1.29 is 19.0 Å². The zero-order valence-corrected chi connectivity index (χ0v) is 15.4. The zero-order chi connectivity index (χ0) is 17.6. The van der Waals surface area contributed by atoms with Crippen LogP contribution in [-0.4, -0.2) is 48.7 Å². The Labute approximate surface area is 154 Å². The number of rotatable bonds is 6. The van der Waals surface area contributed by atoms with Gasteiger partial charge in [0, 0.05) is 29.7 Å². The van der Waals surface area contributed by atoms with E-state index in [4.69, 9.17) is 14.2 Å². The minimum Gasteiger partial charge on any atom is -0.493 e. The highest BCUT2D eigenvalue weighted by atomic mass is 79.9. The molecule has 2 heterocycles. The molecule has 0 unspecified atom stereocenters. The summed E-state index contributed by atoms with van der Waals surface area (Å²) in [5.41, 5.74) is 0. The van der Waals surface area contributed by atoms with E-state index in [1.165, 1.54) is 0 Å². The van der Waals surface area contributed by atoms with Crippen LogP contribution < -0.4 is 14.2 Å². The average molecular weight is 407 g/mol. The number of hydrogen-bond donors (Lipinski definition) is 0. The standard InChI is InChI=1S/C18H19BrN2O4/c1-23-15-4-2-3-5-16(15)24-12-18(22)21-9-8-14(11-21)25-17-7-6-13(19)10-20-17/h2-7,10,14H,8-9,11-12H2,1H3/t14-/m0/s1. The van der Waals surface area contributed by atoms with E-state index in [9.17, 15) is 4.79 Å². The summed E-state index contributed by atoms with van der Waals surface area (Å²) in [5, 5.41) is 0. The predicted octanol–water partition coefficient (Wildman–Crippen LogP) is 2.91. The van der Waals surface area contributed by atoms with Gasteiger partial charge in [0.15, 0.2) is 18.1 Å². The number of carbonyl (C=O) groups excluding carboxylic acids is 1. The zero-order valence-electron chi connectivity index (χ0n) is 13.9. The number of nitrogens with zero attached hydrogens (tertiary/aromatic N) is 2. The fourth-order valence-electron chi connectivity index (χ4n) is 2.62. The lowest BCUT2D eigenvalue weighted by Crippen LogP contribution is -2.34. The minimum absolute atomic E-state index is 0.0242. The Morgan fingerprint density at radius 3 is 2.80 bits per heavy atom. The van der Waals surface area contributed by atoms with Gasteiger partial charge in [-0.2, -0.15) is 0 Å². The first-order valence-electron chi connectivity index (χ1n) is 7.97. The Kier molecular flexibility index (Phi) is 5.75. The van der Waals surface area contributed by atoms with Crippen LogP contribution in [0.25, 0.3) is 0 Å². The fourth-order valence-corrected chi connectivity index (χ4v) is 2.86. The molecule has 1 atom stereocenters. The fraction of sp³-hybridized carbons (Fsp3) is 0.333. The van der Waals surface area contributed by atoms with E-state index in [0.717, 1.165) is 10.9 Å². The van der Waals surface area contributed by atoms with Crippen LogP contribution in [0.1, 0.15) is 6.42 Å². The molecule has 2 aromatic rings. The summed E-state index contributed by atoms with van der Waals surface area (Å²) in [6, 6.07) is 11.0. The molecule has 0 bridgehead atoms. The van der Waals surface area contributed by atoms with Crippen LogP contribution in [0.4, 0.5) is 0 Å². The quantitative estimate of drug-likeness (QED) is 0.737. The van der Waals surface area contributed by atoms with Gasteiger partial charge in [-0.3, -0.25) is 4.79 Å². The monoisotopic (exact) mass is 406 g/mol. The molecule has 1 aromatic carbocycles. The molecule has 0 aliphatic carbocycles. The molecule has 1 aromatic heterocycles. The third-order valence-electron chi connectivity index (χ3n) is 3.91. The second-order valence-electron chi connectivity index (χ2n) is 5.62. The van der Waals surface area contributed by atoms with Crippen LogP contribution in [0.2, 0.25) is 0 Å². The van der Waals surface area contributed by atoms with Crippen LogP contribution in [0.15, 0.2) is 47.1 Å². The van der Waals surface area contributed by atoms with Crippen molar-refractivity contribution in [3.05, 3.63) is 47.1 Å². The molecular weight excluding hydrogens is 388 g/mol. The summed E-state index contributed by atoms with van der Waals surface area (Å²) < 4.78 is 17.5. The van der Waals surface area contributed by atoms with E-state index < -0.39 is 0 Å². The molecule has 0 saturated carbocycles. The van der Waals surface area contributed by atoms with E-state index in [1.807, 2.05) is 18.2 Å². The topological polar surface area (TPSA) is 60.9 Å². The van der Waals surface area contributed by atoms with Crippen LogP contribution in [0, 0.1) is 0 Å². The molecule has 7 heteroatoms. The molecule has 6 nitrogen and oxygen atoms in total. The van der Waals surface area contributed by atoms with E-state index in [0.29, 0.717) is 30.5 Å². The van der Waals surface area contributed by atoms with Crippen LogP contribution in [0.5, 0.6) is 17.4 Å².